The molecule has 0 saturated heterocycles. The van der Waals surface area contributed by atoms with E-state index in [0.717, 1.165) is 12.8 Å². The molecule has 1 aliphatic carbocycles. The first-order chi connectivity index (χ1) is 9.03. The summed E-state index contributed by atoms with van der Waals surface area (Å²) in [5, 5.41) is 8.82. The van der Waals surface area contributed by atoms with E-state index in [1.54, 1.807) is 12.1 Å². The molecule has 19 heavy (non-hydrogen) atoms. The molecule has 1 N–H and O–H groups in total. The van der Waals surface area contributed by atoms with Crippen LogP contribution in [0.15, 0.2) is 29.2 Å². The van der Waals surface area contributed by atoms with E-state index in [2.05, 4.69) is 4.72 Å². The van der Waals surface area contributed by atoms with E-state index in [-0.39, 0.29) is 10.9 Å². The summed E-state index contributed by atoms with van der Waals surface area (Å²) in [5.74, 6) is 0.425. The van der Waals surface area contributed by atoms with E-state index < -0.39 is 10.0 Å². The van der Waals surface area contributed by atoms with Crippen LogP contribution in [0.2, 0.25) is 0 Å². The van der Waals surface area contributed by atoms with Gasteiger partial charge in [-0.15, -0.1) is 0 Å². The summed E-state index contributed by atoms with van der Waals surface area (Å²) >= 11 is 0. The van der Waals surface area contributed by atoms with E-state index in [0.29, 0.717) is 11.5 Å². The highest BCUT2D eigenvalue weighted by Gasteiger charge is 2.26. The van der Waals surface area contributed by atoms with Gasteiger partial charge >= 0.3 is 0 Å². The Morgan fingerprint density at radius 2 is 2.05 bits per heavy atom. The van der Waals surface area contributed by atoms with Gasteiger partial charge in [-0.25, -0.2) is 13.1 Å². The Balaban J connectivity index is 2.15. The third-order valence-electron chi connectivity index (χ3n) is 3.72. The molecule has 1 saturated carbocycles. The maximum absolute atomic E-state index is 12.2. The number of nitriles is 1. The summed E-state index contributed by atoms with van der Waals surface area (Å²) in [6.45, 7) is 1.92. The number of benzene rings is 1. The Morgan fingerprint density at radius 1 is 1.37 bits per heavy atom. The zero-order valence-corrected chi connectivity index (χ0v) is 11.8. The molecule has 0 bridgehead atoms. The molecule has 0 amide bonds. The van der Waals surface area contributed by atoms with E-state index in [1.165, 1.54) is 25.0 Å². The highest BCUT2D eigenvalue weighted by atomic mass is 32.2. The first kappa shape index (κ1) is 14.0. The Bertz CT molecular complexity index is 584. The zero-order valence-electron chi connectivity index (χ0n) is 11.0. The molecule has 102 valence electrons. The molecule has 1 fully saturated rings. The molecular formula is C14H18N2O2S. The summed E-state index contributed by atoms with van der Waals surface area (Å²) in [6, 6.07) is 8.01. The van der Waals surface area contributed by atoms with Crippen LogP contribution in [0.4, 0.5) is 0 Å². The topological polar surface area (TPSA) is 70.0 Å². The zero-order chi connectivity index (χ0) is 13.9. The second kappa shape index (κ2) is 5.72. The van der Waals surface area contributed by atoms with Gasteiger partial charge < -0.3 is 0 Å². The molecular weight excluding hydrogens is 260 g/mol. The van der Waals surface area contributed by atoms with Gasteiger partial charge in [0.05, 0.1) is 16.5 Å². The lowest BCUT2D eigenvalue weighted by Crippen LogP contribution is -2.37. The van der Waals surface area contributed by atoms with Crippen molar-refractivity contribution in [3.05, 3.63) is 29.8 Å². The summed E-state index contributed by atoms with van der Waals surface area (Å²) in [4.78, 5) is 0.163. The fourth-order valence-electron chi connectivity index (χ4n) is 2.60. The van der Waals surface area contributed by atoms with Gasteiger partial charge in [-0.1, -0.05) is 18.9 Å². The minimum absolute atomic E-state index is 0.0572. The fraction of sp³-hybridized carbons (Fsp3) is 0.500. The van der Waals surface area contributed by atoms with Gasteiger partial charge in [0.2, 0.25) is 10.0 Å². The van der Waals surface area contributed by atoms with Crippen molar-refractivity contribution < 1.29 is 8.42 Å². The molecule has 0 heterocycles. The lowest BCUT2D eigenvalue weighted by Gasteiger charge is -2.20. The van der Waals surface area contributed by atoms with Crippen LogP contribution in [0.25, 0.3) is 0 Å². The normalized spacial score (nSPS) is 18.1. The van der Waals surface area contributed by atoms with Crippen molar-refractivity contribution in [2.45, 2.75) is 43.5 Å². The highest BCUT2D eigenvalue weighted by molar-refractivity contribution is 7.89. The van der Waals surface area contributed by atoms with Gasteiger partial charge in [-0.05, 0) is 43.9 Å². The van der Waals surface area contributed by atoms with Crippen LogP contribution in [0.5, 0.6) is 0 Å². The predicted octanol–water partition coefficient (Wildman–Crippen LogP) is 2.42. The third kappa shape index (κ3) is 3.34. The SMILES string of the molecule is CC(NS(=O)(=O)c1cccc(C#N)c1)C1CCCC1. The first-order valence-corrected chi connectivity index (χ1v) is 8.04. The smallest absolute Gasteiger partial charge is 0.208 e. The van der Waals surface area contributed by atoms with E-state index in [9.17, 15) is 8.42 Å². The number of nitrogens with zero attached hydrogens (tertiary/aromatic N) is 1. The third-order valence-corrected chi connectivity index (χ3v) is 5.28. The largest absolute Gasteiger partial charge is 0.240 e. The van der Waals surface area contributed by atoms with Crippen molar-refractivity contribution in [1.29, 1.82) is 5.26 Å². The molecule has 1 aromatic carbocycles. The molecule has 1 aromatic rings. The average Bonchev–Trinajstić information content (AvgIpc) is 2.92. The summed E-state index contributed by atoms with van der Waals surface area (Å²) in [6.07, 6.45) is 4.53. The molecule has 4 nitrogen and oxygen atoms in total. The van der Waals surface area contributed by atoms with Gasteiger partial charge in [-0.3, -0.25) is 0 Å². The van der Waals surface area contributed by atoms with Gasteiger partial charge in [0.25, 0.3) is 0 Å². The quantitative estimate of drug-likeness (QED) is 0.919. The second-order valence-electron chi connectivity index (χ2n) is 5.09. The molecule has 1 unspecified atom stereocenters. The Morgan fingerprint density at radius 3 is 2.68 bits per heavy atom. The maximum Gasteiger partial charge on any atom is 0.240 e. The molecule has 0 spiro atoms. The molecule has 0 aliphatic heterocycles. The summed E-state index contributed by atoms with van der Waals surface area (Å²) in [7, 11) is -3.53. The number of nitrogens with one attached hydrogen (secondary N) is 1. The van der Waals surface area contributed by atoms with Crippen LogP contribution < -0.4 is 4.72 Å². The molecule has 1 atom stereocenters. The standard InChI is InChI=1S/C14H18N2O2S/c1-11(13-6-2-3-7-13)16-19(17,18)14-8-4-5-12(9-14)10-15/h4-5,8-9,11,13,16H,2-3,6-7H2,1H3. The highest BCUT2D eigenvalue weighted by Crippen LogP contribution is 2.28. The van der Waals surface area contributed by atoms with E-state index in [1.807, 2.05) is 13.0 Å². The predicted molar refractivity (Wildman–Crippen MR) is 72.9 cm³/mol. The maximum atomic E-state index is 12.2. The Hall–Kier alpha value is -1.38. The molecule has 5 heteroatoms. The minimum atomic E-state index is -3.53. The van der Waals surface area contributed by atoms with Crippen LogP contribution >= 0.6 is 0 Å². The monoisotopic (exact) mass is 278 g/mol. The van der Waals surface area contributed by atoms with Crippen molar-refractivity contribution in [1.82, 2.24) is 4.72 Å². The van der Waals surface area contributed by atoms with Gasteiger partial charge in [0.1, 0.15) is 0 Å². The van der Waals surface area contributed by atoms with Crippen LogP contribution in [0.1, 0.15) is 38.2 Å². The Labute approximate surface area is 114 Å². The Kier molecular flexibility index (Phi) is 4.23. The number of hydrogen-bond donors (Lipinski definition) is 1. The van der Waals surface area contributed by atoms with Crippen LogP contribution in [-0.4, -0.2) is 14.5 Å². The van der Waals surface area contributed by atoms with Gasteiger partial charge in [0.15, 0.2) is 0 Å². The van der Waals surface area contributed by atoms with E-state index >= 15 is 0 Å². The van der Waals surface area contributed by atoms with Crippen molar-refractivity contribution in [2.24, 2.45) is 5.92 Å². The molecule has 1 aliphatic rings. The van der Waals surface area contributed by atoms with Crippen LogP contribution in [0, 0.1) is 17.2 Å². The molecule has 2 rings (SSSR count). The van der Waals surface area contributed by atoms with Crippen molar-refractivity contribution in [3.8, 4) is 6.07 Å². The number of rotatable bonds is 4. The van der Waals surface area contributed by atoms with Gasteiger partial charge in [-0.2, -0.15) is 5.26 Å². The van der Waals surface area contributed by atoms with Crippen LogP contribution in [-0.2, 0) is 10.0 Å². The first-order valence-electron chi connectivity index (χ1n) is 6.55. The lowest BCUT2D eigenvalue weighted by atomic mass is 10.0. The van der Waals surface area contributed by atoms with Crippen LogP contribution in [0.3, 0.4) is 0 Å². The lowest BCUT2D eigenvalue weighted by molar-refractivity contribution is 0.424. The second-order valence-corrected chi connectivity index (χ2v) is 6.81. The summed E-state index contributed by atoms with van der Waals surface area (Å²) < 4.78 is 27.2. The van der Waals surface area contributed by atoms with E-state index in [4.69, 9.17) is 5.26 Å². The summed E-state index contributed by atoms with van der Waals surface area (Å²) in [5.41, 5.74) is 0.358. The number of hydrogen-bond acceptors (Lipinski definition) is 3. The van der Waals surface area contributed by atoms with Crippen molar-refractivity contribution >= 4 is 10.0 Å². The molecule has 0 radical (unpaired) electrons. The molecule has 0 aromatic heterocycles. The fourth-order valence-corrected chi connectivity index (χ4v) is 3.96. The number of sulfonamides is 1. The average molecular weight is 278 g/mol. The van der Waals surface area contributed by atoms with Crippen molar-refractivity contribution in [3.63, 3.8) is 0 Å². The van der Waals surface area contributed by atoms with Crippen molar-refractivity contribution in [2.75, 3.05) is 0 Å². The minimum Gasteiger partial charge on any atom is -0.208 e. The van der Waals surface area contributed by atoms with Gasteiger partial charge in [0, 0.05) is 6.04 Å².